The number of hydrogen-bond acceptors (Lipinski definition) is 3. The standard InChI is InChI=1S/C13H18O2S/c1-10(14)12-6-2-3-7-13(12)16-9-11-5-4-8-15-11/h2-3,6-7,10-11,14H,4-5,8-9H2,1H3/t10-,11?/m0/s1. The molecule has 0 radical (unpaired) electrons. The second-order valence-electron chi connectivity index (χ2n) is 4.16. The second-order valence-corrected chi connectivity index (χ2v) is 5.22. The quantitative estimate of drug-likeness (QED) is 0.818. The first kappa shape index (κ1) is 12.0. The van der Waals surface area contributed by atoms with E-state index in [2.05, 4.69) is 6.07 Å². The minimum absolute atomic E-state index is 0.395. The third-order valence-corrected chi connectivity index (χ3v) is 4.04. The number of thioether (sulfide) groups is 1. The molecule has 0 spiro atoms. The van der Waals surface area contributed by atoms with E-state index < -0.39 is 6.10 Å². The highest BCUT2D eigenvalue weighted by Gasteiger charge is 2.16. The molecule has 1 aromatic carbocycles. The van der Waals surface area contributed by atoms with Crippen molar-refractivity contribution in [2.75, 3.05) is 12.4 Å². The minimum atomic E-state index is -0.395. The summed E-state index contributed by atoms with van der Waals surface area (Å²) in [6, 6.07) is 8.05. The lowest BCUT2D eigenvalue weighted by Crippen LogP contribution is -2.08. The SMILES string of the molecule is C[C@H](O)c1ccccc1SCC1CCCO1. The van der Waals surface area contributed by atoms with Crippen LogP contribution in [0.15, 0.2) is 29.2 Å². The Kier molecular flexibility index (Phi) is 4.27. The fourth-order valence-corrected chi connectivity index (χ4v) is 3.12. The van der Waals surface area contributed by atoms with Gasteiger partial charge in [-0.3, -0.25) is 0 Å². The van der Waals surface area contributed by atoms with Crippen LogP contribution in [0.2, 0.25) is 0 Å². The van der Waals surface area contributed by atoms with Crippen LogP contribution in [0.5, 0.6) is 0 Å². The van der Waals surface area contributed by atoms with E-state index >= 15 is 0 Å². The van der Waals surface area contributed by atoms with Crippen LogP contribution in [-0.2, 0) is 4.74 Å². The summed E-state index contributed by atoms with van der Waals surface area (Å²) in [7, 11) is 0. The molecule has 3 heteroatoms. The number of aliphatic hydroxyl groups is 1. The molecule has 1 unspecified atom stereocenters. The number of aliphatic hydroxyl groups excluding tert-OH is 1. The van der Waals surface area contributed by atoms with Crippen molar-refractivity contribution in [3.05, 3.63) is 29.8 Å². The lowest BCUT2D eigenvalue weighted by Gasteiger charge is -2.13. The van der Waals surface area contributed by atoms with Crippen molar-refractivity contribution in [2.24, 2.45) is 0 Å². The Morgan fingerprint density at radius 1 is 1.50 bits per heavy atom. The molecular weight excluding hydrogens is 220 g/mol. The van der Waals surface area contributed by atoms with Gasteiger partial charge in [-0.15, -0.1) is 11.8 Å². The van der Waals surface area contributed by atoms with Gasteiger partial charge in [0.25, 0.3) is 0 Å². The monoisotopic (exact) mass is 238 g/mol. The molecule has 16 heavy (non-hydrogen) atoms. The lowest BCUT2D eigenvalue weighted by molar-refractivity contribution is 0.129. The molecule has 0 bridgehead atoms. The maximum Gasteiger partial charge on any atom is 0.0772 e. The zero-order chi connectivity index (χ0) is 11.4. The van der Waals surface area contributed by atoms with Crippen molar-refractivity contribution >= 4 is 11.8 Å². The minimum Gasteiger partial charge on any atom is -0.389 e. The van der Waals surface area contributed by atoms with Crippen LogP contribution in [-0.4, -0.2) is 23.6 Å². The van der Waals surface area contributed by atoms with Gasteiger partial charge in [0.15, 0.2) is 0 Å². The van der Waals surface area contributed by atoms with Gasteiger partial charge in [0.2, 0.25) is 0 Å². The Labute approximate surface area is 101 Å². The molecule has 1 fully saturated rings. The number of rotatable bonds is 4. The summed E-state index contributed by atoms with van der Waals surface area (Å²) < 4.78 is 5.59. The Morgan fingerprint density at radius 3 is 3.00 bits per heavy atom. The molecule has 88 valence electrons. The second kappa shape index (κ2) is 5.71. The first-order valence-corrected chi connectivity index (χ1v) is 6.77. The van der Waals surface area contributed by atoms with Gasteiger partial charge in [0.1, 0.15) is 0 Å². The molecule has 1 heterocycles. The maximum absolute atomic E-state index is 9.65. The van der Waals surface area contributed by atoms with Crippen molar-refractivity contribution in [1.82, 2.24) is 0 Å². The van der Waals surface area contributed by atoms with Crippen LogP contribution in [0.4, 0.5) is 0 Å². The molecular formula is C13H18O2S. The van der Waals surface area contributed by atoms with Gasteiger partial charge < -0.3 is 9.84 Å². The molecule has 1 N–H and O–H groups in total. The summed E-state index contributed by atoms with van der Waals surface area (Å²) >= 11 is 1.79. The topological polar surface area (TPSA) is 29.5 Å². The highest BCUT2D eigenvalue weighted by molar-refractivity contribution is 7.99. The molecule has 0 amide bonds. The molecule has 2 atom stereocenters. The number of benzene rings is 1. The maximum atomic E-state index is 9.65. The molecule has 0 aromatic heterocycles. The fraction of sp³-hybridized carbons (Fsp3) is 0.538. The van der Waals surface area contributed by atoms with Gasteiger partial charge in [-0.05, 0) is 31.4 Å². The number of hydrogen-bond donors (Lipinski definition) is 1. The van der Waals surface area contributed by atoms with Crippen LogP contribution in [0, 0.1) is 0 Å². The van der Waals surface area contributed by atoms with Crippen molar-refractivity contribution in [3.63, 3.8) is 0 Å². The predicted octanol–water partition coefficient (Wildman–Crippen LogP) is 3.01. The van der Waals surface area contributed by atoms with Crippen LogP contribution in [0.1, 0.15) is 31.4 Å². The van der Waals surface area contributed by atoms with E-state index in [9.17, 15) is 5.11 Å². The summed E-state index contributed by atoms with van der Waals surface area (Å²) in [5.74, 6) is 0.990. The highest BCUT2D eigenvalue weighted by atomic mass is 32.2. The van der Waals surface area contributed by atoms with E-state index in [0.717, 1.165) is 17.9 Å². The average molecular weight is 238 g/mol. The van der Waals surface area contributed by atoms with Crippen molar-refractivity contribution < 1.29 is 9.84 Å². The lowest BCUT2D eigenvalue weighted by atomic mass is 10.1. The van der Waals surface area contributed by atoms with Gasteiger partial charge in [-0.2, -0.15) is 0 Å². The van der Waals surface area contributed by atoms with E-state index in [1.165, 1.54) is 17.7 Å². The molecule has 2 rings (SSSR count). The molecule has 1 aliphatic rings. The zero-order valence-electron chi connectivity index (χ0n) is 9.56. The highest BCUT2D eigenvalue weighted by Crippen LogP contribution is 2.29. The van der Waals surface area contributed by atoms with Crippen LogP contribution in [0.25, 0.3) is 0 Å². The van der Waals surface area contributed by atoms with Crippen molar-refractivity contribution in [3.8, 4) is 0 Å². The summed E-state index contributed by atoms with van der Waals surface area (Å²) in [4.78, 5) is 1.17. The molecule has 0 saturated carbocycles. The van der Waals surface area contributed by atoms with E-state index in [-0.39, 0.29) is 0 Å². The van der Waals surface area contributed by atoms with E-state index in [0.29, 0.717) is 6.10 Å². The van der Waals surface area contributed by atoms with E-state index in [1.807, 2.05) is 25.1 Å². The van der Waals surface area contributed by atoms with Crippen LogP contribution in [0.3, 0.4) is 0 Å². The normalized spacial score (nSPS) is 22.2. The summed E-state index contributed by atoms with van der Waals surface area (Å²) in [5.41, 5.74) is 1.02. The summed E-state index contributed by atoms with van der Waals surface area (Å²) in [6.07, 6.45) is 2.35. The van der Waals surface area contributed by atoms with Gasteiger partial charge in [-0.1, -0.05) is 18.2 Å². The van der Waals surface area contributed by atoms with Crippen molar-refractivity contribution in [2.45, 2.75) is 36.9 Å². The van der Waals surface area contributed by atoms with Gasteiger partial charge in [-0.25, -0.2) is 0 Å². The summed E-state index contributed by atoms with van der Waals surface area (Å²) in [5, 5.41) is 9.65. The third kappa shape index (κ3) is 3.00. The molecule has 2 nitrogen and oxygen atoms in total. The Hall–Kier alpha value is -0.510. The Morgan fingerprint density at radius 2 is 2.31 bits per heavy atom. The fourth-order valence-electron chi connectivity index (χ4n) is 1.92. The van der Waals surface area contributed by atoms with E-state index in [1.54, 1.807) is 11.8 Å². The molecule has 1 saturated heterocycles. The predicted molar refractivity (Wildman–Crippen MR) is 66.8 cm³/mol. The van der Waals surface area contributed by atoms with Gasteiger partial charge >= 0.3 is 0 Å². The Bertz CT molecular complexity index is 332. The van der Waals surface area contributed by atoms with Crippen LogP contribution < -0.4 is 0 Å². The largest absolute Gasteiger partial charge is 0.389 e. The zero-order valence-corrected chi connectivity index (χ0v) is 10.4. The first-order chi connectivity index (χ1) is 7.77. The van der Waals surface area contributed by atoms with E-state index in [4.69, 9.17) is 4.74 Å². The molecule has 1 aliphatic heterocycles. The smallest absolute Gasteiger partial charge is 0.0772 e. The third-order valence-electron chi connectivity index (χ3n) is 2.82. The first-order valence-electron chi connectivity index (χ1n) is 5.79. The van der Waals surface area contributed by atoms with Crippen LogP contribution >= 0.6 is 11.8 Å². The van der Waals surface area contributed by atoms with Crippen molar-refractivity contribution in [1.29, 1.82) is 0 Å². The molecule has 1 aromatic rings. The molecule has 0 aliphatic carbocycles. The Balaban J connectivity index is 1.97. The average Bonchev–Trinajstić information content (AvgIpc) is 2.79. The van der Waals surface area contributed by atoms with Gasteiger partial charge in [0.05, 0.1) is 12.2 Å². The number of ether oxygens (including phenoxy) is 1. The van der Waals surface area contributed by atoms with Gasteiger partial charge in [0, 0.05) is 17.3 Å². The summed E-state index contributed by atoms with van der Waals surface area (Å²) in [6.45, 7) is 2.72.